The molecule has 0 aliphatic heterocycles. The van der Waals surface area contributed by atoms with Gasteiger partial charge in [-0.05, 0) is 38.1 Å². The number of para-hydroxylation sites is 1. The van der Waals surface area contributed by atoms with Gasteiger partial charge < -0.3 is 15.7 Å². The summed E-state index contributed by atoms with van der Waals surface area (Å²) in [5.74, 6) is -1.72. The molecule has 0 bridgehead atoms. The number of hydrogen-bond acceptors (Lipinski definition) is 6. The molecule has 31 heavy (non-hydrogen) atoms. The van der Waals surface area contributed by atoms with E-state index in [2.05, 4.69) is 25.9 Å². The number of carboxylic acid groups (broad SMARTS) is 1. The van der Waals surface area contributed by atoms with Crippen LogP contribution in [0.4, 0.5) is 11.5 Å². The largest absolute Gasteiger partial charge is 0.477 e. The summed E-state index contributed by atoms with van der Waals surface area (Å²) in [6, 6.07) is 9.72. The molecule has 0 saturated carbocycles. The van der Waals surface area contributed by atoms with Crippen LogP contribution in [0.2, 0.25) is 0 Å². The molecule has 4 rings (SSSR count). The van der Waals surface area contributed by atoms with E-state index in [4.69, 9.17) is 5.11 Å². The Morgan fingerprint density at radius 3 is 2.68 bits per heavy atom. The van der Waals surface area contributed by atoms with Crippen molar-refractivity contribution in [1.29, 1.82) is 0 Å². The number of H-pyrrole nitrogens is 1. The second-order valence-corrected chi connectivity index (χ2v) is 7.72. The fraction of sp³-hybridized carbons (Fsp3) is 0.150. The number of aryl methyl sites for hydroxylation is 2. The number of aromatic amines is 1. The lowest BCUT2D eigenvalue weighted by molar-refractivity contribution is 0.0701. The summed E-state index contributed by atoms with van der Waals surface area (Å²) in [5.41, 5.74) is 1.68. The first-order valence-corrected chi connectivity index (χ1v) is 10.2. The van der Waals surface area contributed by atoms with Crippen molar-refractivity contribution in [3.05, 3.63) is 58.2 Å². The highest BCUT2D eigenvalue weighted by molar-refractivity contribution is 7.20. The highest BCUT2D eigenvalue weighted by Crippen LogP contribution is 2.30. The van der Waals surface area contributed by atoms with Crippen LogP contribution in [0.5, 0.6) is 0 Å². The van der Waals surface area contributed by atoms with Crippen LogP contribution in [-0.2, 0) is 6.54 Å². The number of aromatic nitrogens is 4. The van der Waals surface area contributed by atoms with E-state index in [0.29, 0.717) is 28.1 Å². The molecular formula is C20H18N6O4S. The van der Waals surface area contributed by atoms with Crippen molar-refractivity contribution >= 4 is 50.8 Å². The lowest BCUT2D eigenvalue weighted by Gasteiger charge is -2.11. The molecule has 10 nitrogen and oxygen atoms in total. The van der Waals surface area contributed by atoms with Crippen molar-refractivity contribution in [1.82, 2.24) is 20.0 Å². The molecule has 11 heteroatoms. The summed E-state index contributed by atoms with van der Waals surface area (Å²) in [7, 11) is 0. The molecule has 0 saturated heterocycles. The Hall–Kier alpha value is -3.99. The van der Waals surface area contributed by atoms with Crippen LogP contribution < -0.4 is 10.6 Å². The number of fused-ring (bicyclic) bond motifs is 1. The number of aromatic carboxylic acids is 1. The van der Waals surface area contributed by atoms with E-state index in [1.165, 1.54) is 6.07 Å². The minimum Gasteiger partial charge on any atom is -0.477 e. The molecule has 0 unspecified atom stereocenters. The van der Waals surface area contributed by atoms with Gasteiger partial charge in [-0.3, -0.25) is 19.4 Å². The van der Waals surface area contributed by atoms with E-state index in [0.717, 1.165) is 17.0 Å². The lowest BCUT2D eigenvalue weighted by atomic mass is 10.1. The molecule has 0 fully saturated rings. The van der Waals surface area contributed by atoms with Crippen molar-refractivity contribution in [3.8, 4) is 0 Å². The third-order valence-electron chi connectivity index (χ3n) is 4.55. The summed E-state index contributed by atoms with van der Waals surface area (Å²) >= 11 is 1.03. The van der Waals surface area contributed by atoms with Gasteiger partial charge in [-0.15, -0.1) is 11.3 Å². The normalized spacial score (nSPS) is 10.9. The minimum atomic E-state index is -1.05. The molecule has 1 aromatic carbocycles. The van der Waals surface area contributed by atoms with Gasteiger partial charge in [0.15, 0.2) is 5.82 Å². The smallest absolute Gasteiger partial charge is 0.345 e. The molecule has 0 spiro atoms. The topological polar surface area (TPSA) is 142 Å². The van der Waals surface area contributed by atoms with E-state index >= 15 is 0 Å². The number of benzene rings is 1. The van der Waals surface area contributed by atoms with Gasteiger partial charge in [-0.1, -0.05) is 12.1 Å². The van der Waals surface area contributed by atoms with Crippen LogP contribution in [0.1, 0.15) is 43.1 Å². The van der Waals surface area contributed by atoms with Crippen LogP contribution in [0.15, 0.2) is 36.4 Å². The molecular weight excluding hydrogens is 420 g/mol. The third-order valence-corrected chi connectivity index (χ3v) is 5.58. The summed E-state index contributed by atoms with van der Waals surface area (Å²) < 4.78 is 1.59. The zero-order valence-corrected chi connectivity index (χ0v) is 17.4. The van der Waals surface area contributed by atoms with Crippen LogP contribution in [0.25, 0.3) is 10.2 Å². The van der Waals surface area contributed by atoms with Crippen LogP contribution in [0, 0.1) is 6.92 Å². The average Bonchev–Trinajstić information content (AvgIpc) is 3.43. The highest BCUT2D eigenvalue weighted by atomic mass is 32.1. The third kappa shape index (κ3) is 3.90. The van der Waals surface area contributed by atoms with Crippen molar-refractivity contribution in [2.75, 3.05) is 10.6 Å². The maximum atomic E-state index is 12.9. The monoisotopic (exact) mass is 438 g/mol. The first-order chi connectivity index (χ1) is 14.9. The molecule has 158 valence electrons. The standard InChI is InChI=1S/C20H18N6O4S/c1-3-26-14(8-10(2)25-26)18(28)21-13-7-5-4-6-11(13)17(27)22-16-12-9-15(20(29)30)31-19(12)24-23-16/h4-9H,3H2,1-2H3,(H,21,28)(H,29,30)(H2,22,23,24,27). The average molecular weight is 438 g/mol. The first kappa shape index (κ1) is 20.3. The number of anilines is 2. The second kappa shape index (κ2) is 8.03. The Morgan fingerprint density at radius 2 is 1.94 bits per heavy atom. The van der Waals surface area contributed by atoms with Gasteiger partial charge in [0.2, 0.25) is 0 Å². The van der Waals surface area contributed by atoms with Gasteiger partial charge in [-0.25, -0.2) is 4.79 Å². The van der Waals surface area contributed by atoms with E-state index < -0.39 is 11.9 Å². The van der Waals surface area contributed by atoms with Gasteiger partial charge in [0.1, 0.15) is 15.4 Å². The number of hydrogen-bond donors (Lipinski definition) is 4. The fourth-order valence-corrected chi connectivity index (χ4v) is 3.98. The van der Waals surface area contributed by atoms with Gasteiger partial charge in [0.05, 0.1) is 22.3 Å². The number of carbonyl (C=O) groups excluding carboxylic acids is 2. The van der Waals surface area contributed by atoms with E-state index in [1.807, 2.05) is 6.92 Å². The van der Waals surface area contributed by atoms with E-state index in [1.54, 1.807) is 41.9 Å². The highest BCUT2D eigenvalue weighted by Gasteiger charge is 2.20. The first-order valence-electron chi connectivity index (χ1n) is 9.34. The zero-order chi connectivity index (χ0) is 22.1. The van der Waals surface area contributed by atoms with Crippen LogP contribution in [0.3, 0.4) is 0 Å². The number of thiophene rings is 1. The number of carbonyl (C=O) groups is 3. The minimum absolute atomic E-state index is 0.134. The summed E-state index contributed by atoms with van der Waals surface area (Å²) in [4.78, 5) is 37.5. The predicted molar refractivity (Wildman–Crippen MR) is 116 cm³/mol. The molecule has 3 aromatic heterocycles. The summed E-state index contributed by atoms with van der Waals surface area (Å²) in [6.07, 6.45) is 0. The maximum Gasteiger partial charge on any atom is 0.345 e. The molecule has 3 heterocycles. The molecule has 4 aromatic rings. The molecule has 4 N–H and O–H groups in total. The van der Waals surface area contributed by atoms with Crippen molar-refractivity contribution < 1.29 is 19.5 Å². The Kier molecular flexibility index (Phi) is 5.26. The summed E-state index contributed by atoms with van der Waals surface area (Å²) in [6.45, 7) is 4.22. The van der Waals surface area contributed by atoms with Crippen molar-refractivity contribution in [2.45, 2.75) is 20.4 Å². The van der Waals surface area contributed by atoms with Gasteiger partial charge >= 0.3 is 5.97 Å². The molecule has 0 atom stereocenters. The molecule has 0 radical (unpaired) electrons. The van der Waals surface area contributed by atoms with Gasteiger partial charge in [-0.2, -0.15) is 10.2 Å². The number of rotatable bonds is 6. The van der Waals surface area contributed by atoms with Crippen LogP contribution in [-0.4, -0.2) is 42.9 Å². The SMILES string of the molecule is CCn1nc(C)cc1C(=O)Nc1ccccc1C(=O)Nc1n[nH]c2sc(C(=O)O)cc12. The van der Waals surface area contributed by atoms with Crippen molar-refractivity contribution in [3.63, 3.8) is 0 Å². The zero-order valence-electron chi connectivity index (χ0n) is 16.6. The van der Waals surface area contributed by atoms with E-state index in [-0.39, 0.29) is 22.2 Å². The van der Waals surface area contributed by atoms with Gasteiger partial charge in [0.25, 0.3) is 11.8 Å². The number of carboxylic acids is 1. The summed E-state index contributed by atoms with van der Waals surface area (Å²) in [5, 5.41) is 26.1. The van der Waals surface area contributed by atoms with E-state index in [9.17, 15) is 14.4 Å². The maximum absolute atomic E-state index is 12.9. The Balaban J connectivity index is 1.59. The van der Waals surface area contributed by atoms with Gasteiger partial charge in [0, 0.05) is 6.54 Å². The molecule has 0 aliphatic rings. The second-order valence-electron chi connectivity index (χ2n) is 6.67. The Bertz CT molecular complexity index is 1320. The quantitative estimate of drug-likeness (QED) is 0.364. The predicted octanol–water partition coefficient (Wildman–Crippen LogP) is 3.35. The fourth-order valence-electron chi connectivity index (χ4n) is 3.14. The van der Waals surface area contributed by atoms with Crippen LogP contribution >= 0.6 is 11.3 Å². The Morgan fingerprint density at radius 1 is 1.16 bits per heavy atom. The number of amides is 2. The number of nitrogens with zero attached hydrogens (tertiary/aromatic N) is 3. The van der Waals surface area contributed by atoms with Crippen molar-refractivity contribution in [2.24, 2.45) is 0 Å². The molecule has 2 amide bonds. The number of nitrogens with one attached hydrogen (secondary N) is 3. The Labute approximate surface area is 179 Å². The molecule has 0 aliphatic carbocycles. The lowest BCUT2D eigenvalue weighted by Crippen LogP contribution is -2.20.